The van der Waals surface area contributed by atoms with E-state index < -0.39 is 0 Å². The van der Waals surface area contributed by atoms with Gasteiger partial charge in [-0.05, 0) is 26.7 Å². The SMILES string of the molecule is CCOC(CC)c1nc(C)c(CC)c(NC)n1. The summed E-state index contributed by atoms with van der Waals surface area (Å²) in [5.41, 5.74) is 2.22. The van der Waals surface area contributed by atoms with Gasteiger partial charge in [0, 0.05) is 24.9 Å². The van der Waals surface area contributed by atoms with Crippen LogP contribution in [-0.2, 0) is 11.2 Å². The molecule has 1 rings (SSSR count). The molecule has 0 aromatic carbocycles. The van der Waals surface area contributed by atoms with Crippen molar-refractivity contribution in [2.75, 3.05) is 19.0 Å². The molecule has 0 amide bonds. The number of hydrogen-bond acceptors (Lipinski definition) is 4. The van der Waals surface area contributed by atoms with Crippen molar-refractivity contribution in [3.05, 3.63) is 17.1 Å². The highest BCUT2D eigenvalue weighted by Crippen LogP contribution is 2.23. The summed E-state index contributed by atoms with van der Waals surface area (Å²) >= 11 is 0. The predicted molar refractivity (Wildman–Crippen MR) is 70.4 cm³/mol. The number of aromatic nitrogens is 2. The van der Waals surface area contributed by atoms with Gasteiger partial charge in [0.05, 0.1) is 0 Å². The van der Waals surface area contributed by atoms with Crippen LogP contribution in [0.15, 0.2) is 0 Å². The summed E-state index contributed by atoms with van der Waals surface area (Å²) in [6.07, 6.45) is 1.83. The Morgan fingerprint density at radius 2 is 1.94 bits per heavy atom. The maximum absolute atomic E-state index is 5.65. The van der Waals surface area contributed by atoms with E-state index in [0.29, 0.717) is 6.61 Å². The van der Waals surface area contributed by atoms with Crippen molar-refractivity contribution < 1.29 is 4.74 Å². The Kier molecular flexibility index (Phi) is 5.35. The summed E-state index contributed by atoms with van der Waals surface area (Å²) in [5, 5.41) is 3.14. The second kappa shape index (κ2) is 6.55. The molecule has 1 atom stereocenters. The summed E-state index contributed by atoms with van der Waals surface area (Å²) in [5.74, 6) is 1.71. The monoisotopic (exact) mass is 237 g/mol. The van der Waals surface area contributed by atoms with Crippen LogP contribution in [0.4, 0.5) is 5.82 Å². The smallest absolute Gasteiger partial charge is 0.159 e. The van der Waals surface area contributed by atoms with E-state index >= 15 is 0 Å². The first-order valence-corrected chi connectivity index (χ1v) is 6.34. The molecule has 0 saturated heterocycles. The fraction of sp³-hybridized carbons (Fsp3) is 0.692. The molecule has 0 saturated carbocycles. The largest absolute Gasteiger partial charge is 0.373 e. The Morgan fingerprint density at radius 3 is 2.41 bits per heavy atom. The Morgan fingerprint density at radius 1 is 1.24 bits per heavy atom. The molecule has 1 aromatic rings. The lowest BCUT2D eigenvalue weighted by Crippen LogP contribution is -2.12. The molecule has 4 nitrogen and oxygen atoms in total. The highest BCUT2D eigenvalue weighted by atomic mass is 16.5. The van der Waals surface area contributed by atoms with Gasteiger partial charge < -0.3 is 10.1 Å². The molecule has 1 N–H and O–H groups in total. The van der Waals surface area contributed by atoms with E-state index in [4.69, 9.17) is 4.74 Å². The van der Waals surface area contributed by atoms with Gasteiger partial charge in [0.2, 0.25) is 0 Å². The number of ether oxygens (including phenoxy) is 1. The molecule has 4 heteroatoms. The number of rotatable bonds is 6. The first-order chi connectivity index (χ1) is 8.17. The Bertz CT molecular complexity index is 366. The zero-order chi connectivity index (χ0) is 12.8. The third-order valence-corrected chi connectivity index (χ3v) is 2.85. The first kappa shape index (κ1) is 13.9. The predicted octanol–water partition coefficient (Wildman–Crippen LogP) is 2.88. The number of nitrogens with zero attached hydrogens (tertiary/aromatic N) is 2. The minimum atomic E-state index is -0.00305. The standard InChI is InChI=1S/C13H23N3O/c1-6-10-9(4)15-13(16-12(10)14-5)11(7-2)17-8-3/h11H,6-8H2,1-5H3,(H,14,15,16). The first-order valence-electron chi connectivity index (χ1n) is 6.34. The van der Waals surface area contributed by atoms with E-state index in [1.807, 2.05) is 20.9 Å². The van der Waals surface area contributed by atoms with Gasteiger partial charge in [-0.15, -0.1) is 0 Å². The van der Waals surface area contributed by atoms with Crippen LogP contribution in [0.5, 0.6) is 0 Å². The summed E-state index contributed by atoms with van der Waals surface area (Å²) < 4.78 is 5.65. The van der Waals surface area contributed by atoms with Gasteiger partial charge in [0.1, 0.15) is 11.9 Å². The zero-order valence-electron chi connectivity index (χ0n) is 11.5. The molecule has 1 aromatic heterocycles. The van der Waals surface area contributed by atoms with Crippen LogP contribution in [0, 0.1) is 6.92 Å². The molecule has 0 fully saturated rings. The Labute approximate surface area is 104 Å². The molecule has 0 bridgehead atoms. The number of aryl methyl sites for hydroxylation is 1. The highest BCUT2D eigenvalue weighted by molar-refractivity contribution is 5.46. The molecular formula is C13H23N3O. The number of anilines is 1. The summed E-state index contributed by atoms with van der Waals surface area (Å²) in [6.45, 7) is 8.92. The van der Waals surface area contributed by atoms with Crippen LogP contribution in [0.1, 0.15) is 50.4 Å². The minimum absolute atomic E-state index is 0.00305. The van der Waals surface area contributed by atoms with Crippen molar-refractivity contribution in [1.82, 2.24) is 9.97 Å². The summed E-state index contributed by atoms with van der Waals surface area (Å²) in [7, 11) is 1.90. The van der Waals surface area contributed by atoms with Crippen LogP contribution in [-0.4, -0.2) is 23.6 Å². The van der Waals surface area contributed by atoms with E-state index in [0.717, 1.165) is 30.2 Å². The van der Waals surface area contributed by atoms with Crippen molar-refractivity contribution >= 4 is 5.82 Å². The fourth-order valence-electron chi connectivity index (χ4n) is 1.97. The lowest BCUT2D eigenvalue weighted by atomic mass is 10.1. The average molecular weight is 237 g/mol. The summed E-state index contributed by atoms with van der Waals surface area (Å²) in [4.78, 5) is 9.13. The molecule has 96 valence electrons. The topological polar surface area (TPSA) is 47.0 Å². The molecule has 0 aliphatic rings. The van der Waals surface area contributed by atoms with Crippen LogP contribution in [0.25, 0.3) is 0 Å². The van der Waals surface area contributed by atoms with Gasteiger partial charge >= 0.3 is 0 Å². The van der Waals surface area contributed by atoms with Gasteiger partial charge in [-0.2, -0.15) is 0 Å². The van der Waals surface area contributed by atoms with Crippen molar-refractivity contribution in [1.29, 1.82) is 0 Å². The van der Waals surface area contributed by atoms with Gasteiger partial charge in [-0.3, -0.25) is 0 Å². The molecule has 0 aliphatic heterocycles. The van der Waals surface area contributed by atoms with Crippen LogP contribution in [0.2, 0.25) is 0 Å². The normalized spacial score (nSPS) is 12.5. The minimum Gasteiger partial charge on any atom is -0.373 e. The molecule has 0 aliphatic carbocycles. The van der Waals surface area contributed by atoms with Gasteiger partial charge in [-0.25, -0.2) is 9.97 Å². The average Bonchev–Trinajstić information content (AvgIpc) is 2.34. The fourth-order valence-corrected chi connectivity index (χ4v) is 1.97. The van der Waals surface area contributed by atoms with Crippen LogP contribution in [0.3, 0.4) is 0 Å². The van der Waals surface area contributed by atoms with E-state index in [1.165, 1.54) is 5.56 Å². The van der Waals surface area contributed by atoms with E-state index in [2.05, 4.69) is 29.1 Å². The molecule has 17 heavy (non-hydrogen) atoms. The lowest BCUT2D eigenvalue weighted by molar-refractivity contribution is 0.0534. The lowest BCUT2D eigenvalue weighted by Gasteiger charge is -2.17. The van der Waals surface area contributed by atoms with Crippen molar-refractivity contribution in [3.63, 3.8) is 0 Å². The molecule has 1 heterocycles. The van der Waals surface area contributed by atoms with Gasteiger partial charge in [0.15, 0.2) is 5.82 Å². The molecular weight excluding hydrogens is 214 g/mol. The molecule has 0 radical (unpaired) electrons. The number of hydrogen-bond donors (Lipinski definition) is 1. The quantitative estimate of drug-likeness (QED) is 0.826. The highest BCUT2D eigenvalue weighted by Gasteiger charge is 2.16. The molecule has 1 unspecified atom stereocenters. The Balaban J connectivity index is 3.13. The molecule has 0 spiro atoms. The second-order valence-corrected chi connectivity index (χ2v) is 3.95. The second-order valence-electron chi connectivity index (χ2n) is 3.95. The zero-order valence-corrected chi connectivity index (χ0v) is 11.5. The van der Waals surface area contributed by atoms with E-state index in [1.54, 1.807) is 0 Å². The van der Waals surface area contributed by atoms with Crippen LogP contribution >= 0.6 is 0 Å². The maximum atomic E-state index is 5.65. The summed E-state index contributed by atoms with van der Waals surface area (Å²) in [6, 6.07) is 0. The third kappa shape index (κ3) is 3.16. The van der Waals surface area contributed by atoms with Crippen molar-refractivity contribution in [2.24, 2.45) is 0 Å². The third-order valence-electron chi connectivity index (χ3n) is 2.85. The van der Waals surface area contributed by atoms with Gasteiger partial charge in [-0.1, -0.05) is 13.8 Å². The van der Waals surface area contributed by atoms with Crippen LogP contribution < -0.4 is 5.32 Å². The maximum Gasteiger partial charge on any atom is 0.159 e. The van der Waals surface area contributed by atoms with Crippen molar-refractivity contribution in [3.8, 4) is 0 Å². The van der Waals surface area contributed by atoms with Crippen molar-refractivity contribution in [2.45, 2.75) is 46.6 Å². The van der Waals surface area contributed by atoms with Gasteiger partial charge in [0.25, 0.3) is 0 Å². The van der Waals surface area contributed by atoms with E-state index in [-0.39, 0.29) is 6.10 Å². The Hall–Kier alpha value is -1.16. The number of nitrogens with one attached hydrogen (secondary N) is 1. The van der Waals surface area contributed by atoms with E-state index in [9.17, 15) is 0 Å².